The minimum Gasteiger partial charge on any atom is -0.494 e. The number of aromatic hydroxyl groups is 1. The van der Waals surface area contributed by atoms with Crippen LogP contribution in [0.15, 0.2) is 47.3 Å². The number of fused-ring (bicyclic) bond motifs is 1. The van der Waals surface area contributed by atoms with E-state index in [0.29, 0.717) is 0 Å². The number of rotatable bonds is 4. The van der Waals surface area contributed by atoms with Crippen LogP contribution < -0.4 is 5.56 Å². The van der Waals surface area contributed by atoms with Gasteiger partial charge >= 0.3 is 0 Å². The van der Waals surface area contributed by atoms with Crippen molar-refractivity contribution in [1.82, 2.24) is 4.57 Å². The van der Waals surface area contributed by atoms with Gasteiger partial charge in [-0.05, 0) is 42.7 Å². The van der Waals surface area contributed by atoms with Crippen LogP contribution in [0.4, 0.5) is 0 Å². The fourth-order valence-electron chi connectivity index (χ4n) is 3.44. The van der Waals surface area contributed by atoms with Gasteiger partial charge < -0.3 is 5.11 Å². The molecule has 5 nitrogen and oxygen atoms in total. The van der Waals surface area contributed by atoms with Gasteiger partial charge in [0, 0.05) is 12.5 Å². The Hall–Kier alpha value is -3.39. The smallest absolute Gasteiger partial charge is 0.271 e. The number of pyridine rings is 1. The Kier molecular flexibility index (Phi) is 4.83. The van der Waals surface area contributed by atoms with Crippen molar-refractivity contribution in [2.24, 2.45) is 0 Å². The molecule has 136 valence electrons. The minimum absolute atomic E-state index is 0.0350. The van der Waals surface area contributed by atoms with E-state index in [1.54, 1.807) is 13.8 Å². The van der Waals surface area contributed by atoms with E-state index in [1.165, 1.54) is 6.92 Å². The number of benzene rings is 2. The molecule has 5 heteroatoms. The van der Waals surface area contributed by atoms with Crippen LogP contribution in [0, 0.1) is 18.3 Å². The van der Waals surface area contributed by atoms with Crippen LogP contribution in [0.2, 0.25) is 0 Å². The first-order valence-corrected chi connectivity index (χ1v) is 8.74. The van der Waals surface area contributed by atoms with Crippen molar-refractivity contribution in [2.45, 2.75) is 33.2 Å². The van der Waals surface area contributed by atoms with Gasteiger partial charge in [-0.15, -0.1) is 0 Å². The Morgan fingerprint density at radius 2 is 1.85 bits per heavy atom. The number of carbonyl (C=O) groups excluding carboxylic acids is 1. The van der Waals surface area contributed by atoms with E-state index in [9.17, 15) is 20.0 Å². The number of nitrogens with zero attached hydrogens (tertiary/aromatic N) is 2. The van der Waals surface area contributed by atoms with Gasteiger partial charge in [-0.1, -0.05) is 42.5 Å². The van der Waals surface area contributed by atoms with E-state index in [-0.39, 0.29) is 40.8 Å². The Balaban J connectivity index is 2.16. The summed E-state index contributed by atoms with van der Waals surface area (Å²) in [5.41, 5.74) is 0.402. The first kappa shape index (κ1) is 18.4. The molecule has 1 heterocycles. The molecule has 3 rings (SSSR count). The van der Waals surface area contributed by atoms with E-state index in [0.717, 1.165) is 20.9 Å². The Morgan fingerprint density at radius 3 is 2.52 bits per heavy atom. The van der Waals surface area contributed by atoms with Crippen molar-refractivity contribution in [2.75, 3.05) is 0 Å². The Labute approximate surface area is 157 Å². The molecule has 0 radical (unpaired) electrons. The highest BCUT2D eigenvalue weighted by atomic mass is 16.3. The molecule has 0 aliphatic heterocycles. The molecular formula is C22H20N2O3. The van der Waals surface area contributed by atoms with Crippen molar-refractivity contribution < 1.29 is 9.90 Å². The summed E-state index contributed by atoms with van der Waals surface area (Å²) in [6.45, 7) is 4.97. The Bertz CT molecular complexity index is 1150. The van der Waals surface area contributed by atoms with Crippen molar-refractivity contribution in [1.29, 1.82) is 5.26 Å². The third kappa shape index (κ3) is 3.11. The molecule has 0 saturated heterocycles. The summed E-state index contributed by atoms with van der Waals surface area (Å²) in [4.78, 5) is 25.5. The third-order valence-corrected chi connectivity index (χ3v) is 4.77. The summed E-state index contributed by atoms with van der Waals surface area (Å²) in [5.74, 6) is -0.705. The van der Waals surface area contributed by atoms with E-state index in [1.807, 2.05) is 48.5 Å². The molecule has 0 aliphatic carbocycles. The summed E-state index contributed by atoms with van der Waals surface area (Å²) in [6, 6.07) is 15.0. The molecule has 3 aromatic rings. The number of Topliss-reactive ketones (excluding diaryl/α,β-unsaturated/α-hetero) is 1. The average Bonchev–Trinajstić information content (AvgIpc) is 2.62. The Morgan fingerprint density at radius 1 is 1.19 bits per heavy atom. The second kappa shape index (κ2) is 7.08. The molecule has 0 bridgehead atoms. The fourth-order valence-corrected chi connectivity index (χ4v) is 3.44. The van der Waals surface area contributed by atoms with Crippen LogP contribution >= 0.6 is 0 Å². The molecule has 1 N–H and O–H groups in total. The number of carbonyl (C=O) groups is 1. The van der Waals surface area contributed by atoms with E-state index < -0.39 is 5.56 Å². The highest BCUT2D eigenvalue weighted by Crippen LogP contribution is 2.27. The lowest BCUT2D eigenvalue weighted by Crippen LogP contribution is -2.28. The van der Waals surface area contributed by atoms with Crippen LogP contribution in [0.3, 0.4) is 0 Å². The number of hydrogen-bond acceptors (Lipinski definition) is 4. The molecule has 0 saturated carbocycles. The summed E-state index contributed by atoms with van der Waals surface area (Å²) >= 11 is 0. The molecule has 0 unspecified atom stereocenters. The number of aromatic nitrogens is 1. The summed E-state index contributed by atoms with van der Waals surface area (Å²) in [5, 5.41) is 22.0. The van der Waals surface area contributed by atoms with Gasteiger partial charge in [-0.25, -0.2) is 0 Å². The van der Waals surface area contributed by atoms with Gasteiger partial charge in [0.1, 0.15) is 11.6 Å². The lowest BCUT2D eigenvalue weighted by atomic mass is 9.94. The van der Waals surface area contributed by atoms with Gasteiger partial charge in [0.15, 0.2) is 5.78 Å². The van der Waals surface area contributed by atoms with Crippen molar-refractivity contribution in [3.8, 4) is 11.9 Å². The number of hydrogen-bond donors (Lipinski definition) is 1. The molecule has 0 aliphatic rings. The fraction of sp³-hybridized carbons (Fsp3) is 0.227. The predicted molar refractivity (Wildman–Crippen MR) is 104 cm³/mol. The zero-order valence-corrected chi connectivity index (χ0v) is 15.5. The lowest BCUT2D eigenvalue weighted by Gasteiger charge is -2.18. The molecule has 0 atom stereocenters. The maximum atomic E-state index is 13.1. The topological polar surface area (TPSA) is 83.1 Å². The maximum Gasteiger partial charge on any atom is 0.271 e. The molecular weight excluding hydrogens is 340 g/mol. The zero-order valence-electron chi connectivity index (χ0n) is 15.5. The molecule has 0 amide bonds. The predicted octanol–water partition coefficient (Wildman–Crippen LogP) is 3.89. The normalized spacial score (nSPS) is 10.9. The van der Waals surface area contributed by atoms with Crippen molar-refractivity contribution in [3.63, 3.8) is 0 Å². The summed E-state index contributed by atoms with van der Waals surface area (Å²) in [7, 11) is 0. The quantitative estimate of drug-likeness (QED) is 0.716. The van der Waals surface area contributed by atoms with Gasteiger partial charge in [-0.2, -0.15) is 5.26 Å². The first-order valence-electron chi connectivity index (χ1n) is 8.74. The lowest BCUT2D eigenvalue weighted by molar-refractivity contribution is 0.0988. The van der Waals surface area contributed by atoms with Crippen LogP contribution in [0.5, 0.6) is 5.88 Å². The van der Waals surface area contributed by atoms with Gasteiger partial charge in [0.25, 0.3) is 5.56 Å². The number of nitriles is 1. The molecule has 2 aromatic carbocycles. The van der Waals surface area contributed by atoms with Crippen LogP contribution in [0.1, 0.15) is 46.9 Å². The van der Waals surface area contributed by atoms with Gasteiger partial charge in [-0.3, -0.25) is 14.2 Å². The molecule has 0 spiro atoms. The van der Waals surface area contributed by atoms with E-state index >= 15 is 0 Å². The van der Waals surface area contributed by atoms with E-state index in [2.05, 4.69) is 0 Å². The van der Waals surface area contributed by atoms with Gasteiger partial charge in [0.05, 0.1) is 5.56 Å². The maximum absolute atomic E-state index is 13.1. The van der Waals surface area contributed by atoms with Crippen LogP contribution in [-0.2, 0) is 6.42 Å². The minimum atomic E-state index is -0.579. The summed E-state index contributed by atoms with van der Waals surface area (Å²) < 4.78 is 1.10. The van der Waals surface area contributed by atoms with Crippen LogP contribution in [0.25, 0.3) is 10.8 Å². The van der Waals surface area contributed by atoms with Gasteiger partial charge in [0.2, 0.25) is 5.88 Å². The summed E-state index contributed by atoms with van der Waals surface area (Å²) in [6.07, 6.45) is 0.0664. The number of ketones is 1. The average molecular weight is 360 g/mol. The highest BCUT2D eigenvalue weighted by molar-refractivity contribution is 6.03. The highest BCUT2D eigenvalue weighted by Gasteiger charge is 2.25. The molecule has 0 fully saturated rings. The van der Waals surface area contributed by atoms with Crippen molar-refractivity contribution >= 4 is 16.6 Å². The second-order valence-corrected chi connectivity index (χ2v) is 6.82. The van der Waals surface area contributed by atoms with Crippen LogP contribution in [-0.4, -0.2) is 15.5 Å². The monoisotopic (exact) mass is 360 g/mol. The largest absolute Gasteiger partial charge is 0.494 e. The standard InChI is InChI=1S/C22H20N2O3/c1-13(2)24-21(26)18(12-23)14(3)20(22(24)27)19(25)11-16-9-6-8-15-7-4-5-10-17(15)16/h4-10,13,27H,11H2,1-3H3. The van der Waals surface area contributed by atoms with E-state index in [4.69, 9.17) is 0 Å². The second-order valence-electron chi connectivity index (χ2n) is 6.82. The third-order valence-electron chi connectivity index (χ3n) is 4.77. The SMILES string of the molecule is Cc1c(C(=O)Cc2cccc3ccccc23)c(O)n(C(C)C)c(=O)c1C#N. The zero-order chi connectivity index (χ0) is 19.7. The van der Waals surface area contributed by atoms with Crippen molar-refractivity contribution in [3.05, 3.63) is 75.1 Å². The molecule has 27 heavy (non-hydrogen) atoms. The first-order chi connectivity index (χ1) is 12.9. The molecule has 1 aromatic heterocycles.